The summed E-state index contributed by atoms with van der Waals surface area (Å²) in [6, 6.07) is 0.0127. The number of hydrogen-bond acceptors (Lipinski definition) is 3. The maximum Gasteiger partial charge on any atom is 0.113 e. The summed E-state index contributed by atoms with van der Waals surface area (Å²) >= 11 is 0. The number of aliphatic hydroxyl groups excluding tert-OH is 1. The first-order valence-electron chi connectivity index (χ1n) is 3.87. The van der Waals surface area contributed by atoms with Crippen LogP contribution in [0.15, 0.2) is 0 Å². The van der Waals surface area contributed by atoms with E-state index in [1.54, 1.807) is 0 Å². The fraction of sp³-hybridized carbons (Fsp3) is 1.00. The lowest BCUT2D eigenvalue weighted by Crippen LogP contribution is -2.50. The van der Waals surface area contributed by atoms with Gasteiger partial charge in [-0.2, -0.15) is 0 Å². The molecule has 1 saturated heterocycles. The zero-order chi connectivity index (χ0) is 8.48. The molecular formula is C7H14BNO2. The molecule has 1 aliphatic heterocycles. The average molecular weight is 155 g/mol. The van der Waals surface area contributed by atoms with Gasteiger partial charge in [0.05, 0.1) is 6.61 Å². The maximum absolute atomic E-state index is 9.43. The van der Waals surface area contributed by atoms with Crippen molar-refractivity contribution >= 4 is 7.85 Å². The Bertz CT molecular complexity index is 140. The van der Waals surface area contributed by atoms with E-state index < -0.39 is 5.50 Å². The van der Waals surface area contributed by atoms with E-state index in [-0.39, 0.29) is 12.6 Å². The third-order valence-electron chi connectivity index (χ3n) is 2.32. The van der Waals surface area contributed by atoms with Crippen LogP contribution in [-0.4, -0.2) is 54.7 Å². The van der Waals surface area contributed by atoms with Gasteiger partial charge in [0, 0.05) is 18.1 Å². The highest BCUT2D eigenvalue weighted by Crippen LogP contribution is 2.22. The van der Waals surface area contributed by atoms with Gasteiger partial charge in [0.1, 0.15) is 7.85 Å². The first kappa shape index (κ1) is 9.04. The Hall–Kier alpha value is -0.0551. The summed E-state index contributed by atoms with van der Waals surface area (Å²) in [6.07, 6.45) is 1.04. The third-order valence-corrected chi connectivity index (χ3v) is 2.32. The number of aliphatic hydroxyl groups is 2. The molecule has 0 aromatic rings. The summed E-state index contributed by atoms with van der Waals surface area (Å²) < 4.78 is 0. The molecule has 0 saturated carbocycles. The van der Waals surface area contributed by atoms with E-state index in [1.165, 1.54) is 0 Å². The molecule has 0 aromatic heterocycles. The van der Waals surface area contributed by atoms with Crippen LogP contribution in [0.25, 0.3) is 0 Å². The molecule has 2 unspecified atom stereocenters. The topological polar surface area (TPSA) is 43.7 Å². The molecule has 1 heterocycles. The van der Waals surface area contributed by atoms with Gasteiger partial charge in [-0.05, 0) is 19.9 Å². The molecule has 1 aliphatic rings. The van der Waals surface area contributed by atoms with Crippen molar-refractivity contribution in [1.82, 2.24) is 4.90 Å². The van der Waals surface area contributed by atoms with Gasteiger partial charge in [-0.3, -0.25) is 0 Å². The highest BCUT2D eigenvalue weighted by molar-refractivity contribution is 6.14. The number of nitrogens with zero attached hydrogens (tertiary/aromatic N) is 1. The van der Waals surface area contributed by atoms with E-state index in [9.17, 15) is 5.11 Å². The summed E-state index contributed by atoms with van der Waals surface area (Å²) in [7, 11) is 7.45. The molecule has 4 heteroatoms. The highest BCUT2D eigenvalue weighted by Gasteiger charge is 2.31. The van der Waals surface area contributed by atoms with Crippen molar-refractivity contribution in [2.45, 2.75) is 24.4 Å². The Kier molecular flexibility index (Phi) is 2.57. The number of rotatable bonds is 1. The molecule has 11 heavy (non-hydrogen) atoms. The second-order valence-corrected chi connectivity index (χ2v) is 3.37. The zero-order valence-electron chi connectivity index (χ0n) is 6.82. The Labute approximate surface area is 68.4 Å². The van der Waals surface area contributed by atoms with Crippen LogP contribution in [0.2, 0.25) is 0 Å². The smallest absolute Gasteiger partial charge is 0.113 e. The minimum atomic E-state index is -1.07. The minimum absolute atomic E-state index is 0.0127. The van der Waals surface area contributed by atoms with Crippen LogP contribution in [0, 0.1) is 0 Å². The summed E-state index contributed by atoms with van der Waals surface area (Å²) in [5, 5.41) is 18.3. The lowest BCUT2D eigenvalue weighted by molar-refractivity contribution is 0.00416. The SMILES string of the molecule is [B]C1(O)CCN(C)C(CO)C1. The fourth-order valence-corrected chi connectivity index (χ4v) is 1.42. The maximum atomic E-state index is 9.43. The zero-order valence-corrected chi connectivity index (χ0v) is 6.82. The fourth-order valence-electron chi connectivity index (χ4n) is 1.42. The van der Waals surface area contributed by atoms with Gasteiger partial charge in [-0.1, -0.05) is 0 Å². The predicted molar refractivity (Wildman–Crippen MR) is 43.4 cm³/mol. The molecule has 0 aliphatic carbocycles. The third kappa shape index (κ3) is 2.19. The molecule has 1 rings (SSSR count). The summed E-state index contributed by atoms with van der Waals surface area (Å²) in [5.41, 5.74) is -1.07. The predicted octanol–water partition coefficient (Wildman–Crippen LogP) is -1.07. The second kappa shape index (κ2) is 3.13. The van der Waals surface area contributed by atoms with Crippen molar-refractivity contribution in [3.63, 3.8) is 0 Å². The summed E-state index contributed by atoms with van der Waals surface area (Å²) in [6.45, 7) is 0.814. The number of likely N-dealkylation sites (N-methyl/N-ethyl adjacent to an activating group) is 1. The molecule has 0 bridgehead atoms. The Morgan fingerprint density at radius 1 is 1.73 bits per heavy atom. The standard InChI is InChI=1S/C7H14BNO2/c1-9-3-2-7(8,11)4-6(9)5-10/h6,10-11H,2-5H2,1H3. The Morgan fingerprint density at radius 3 is 2.82 bits per heavy atom. The molecule has 3 nitrogen and oxygen atoms in total. The highest BCUT2D eigenvalue weighted by atomic mass is 16.3. The summed E-state index contributed by atoms with van der Waals surface area (Å²) in [5.74, 6) is 0. The average Bonchev–Trinajstić information content (AvgIpc) is 1.94. The van der Waals surface area contributed by atoms with E-state index in [2.05, 4.69) is 0 Å². The van der Waals surface area contributed by atoms with E-state index in [4.69, 9.17) is 13.0 Å². The first-order valence-corrected chi connectivity index (χ1v) is 3.87. The van der Waals surface area contributed by atoms with E-state index in [0.717, 1.165) is 6.54 Å². The molecule has 0 aromatic carbocycles. The molecular weight excluding hydrogens is 141 g/mol. The minimum Gasteiger partial charge on any atom is -0.400 e. The quantitative estimate of drug-likeness (QED) is 0.474. The lowest BCUT2D eigenvalue weighted by Gasteiger charge is -2.40. The lowest BCUT2D eigenvalue weighted by atomic mass is 9.72. The molecule has 62 valence electrons. The van der Waals surface area contributed by atoms with E-state index in [1.807, 2.05) is 11.9 Å². The van der Waals surface area contributed by atoms with Crippen LogP contribution in [-0.2, 0) is 0 Å². The normalized spacial score (nSPS) is 40.8. The van der Waals surface area contributed by atoms with Crippen molar-refractivity contribution in [3.8, 4) is 0 Å². The molecule has 1 fully saturated rings. The van der Waals surface area contributed by atoms with Crippen molar-refractivity contribution in [2.24, 2.45) is 0 Å². The second-order valence-electron chi connectivity index (χ2n) is 3.37. The largest absolute Gasteiger partial charge is 0.400 e. The molecule has 2 radical (unpaired) electrons. The summed E-state index contributed by atoms with van der Waals surface area (Å²) in [4.78, 5) is 2.02. The van der Waals surface area contributed by atoms with E-state index >= 15 is 0 Å². The van der Waals surface area contributed by atoms with Crippen LogP contribution in [0.5, 0.6) is 0 Å². The number of likely N-dealkylation sites (tertiary alicyclic amines) is 1. The number of piperidine rings is 1. The Morgan fingerprint density at radius 2 is 2.36 bits per heavy atom. The molecule has 2 N–H and O–H groups in total. The van der Waals surface area contributed by atoms with Crippen LogP contribution < -0.4 is 0 Å². The van der Waals surface area contributed by atoms with Gasteiger partial charge >= 0.3 is 0 Å². The van der Waals surface area contributed by atoms with Gasteiger partial charge in [-0.25, -0.2) is 0 Å². The van der Waals surface area contributed by atoms with Gasteiger partial charge in [0.25, 0.3) is 0 Å². The number of hydrogen-bond donors (Lipinski definition) is 2. The Balaban J connectivity index is 2.51. The van der Waals surface area contributed by atoms with Crippen molar-refractivity contribution in [3.05, 3.63) is 0 Å². The van der Waals surface area contributed by atoms with Crippen LogP contribution >= 0.6 is 0 Å². The van der Waals surface area contributed by atoms with Crippen molar-refractivity contribution in [2.75, 3.05) is 20.2 Å². The van der Waals surface area contributed by atoms with Crippen LogP contribution in [0.3, 0.4) is 0 Å². The van der Waals surface area contributed by atoms with Gasteiger partial charge in [0.15, 0.2) is 0 Å². The molecule has 2 atom stereocenters. The van der Waals surface area contributed by atoms with E-state index in [0.29, 0.717) is 12.8 Å². The van der Waals surface area contributed by atoms with Gasteiger partial charge in [0.2, 0.25) is 0 Å². The molecule has 0 spiro atoms. The van der Waals surface area contributed by atoms with Gasteiger partial charge < -0.3 is 15.1 Å². The monoisotopic (exact) mass is 155 g/mol. The van der Waals surface area contributed by atoms with Crippen LogP contribution in [0.4, 0.5) is 0 Å². The first-order chi connectivity index (χ1) is 5.05. The van der Waals surface area contributed by atoms with Crippen molar-refractivity contribution in [1.29, 1.82) is 0 Å². The van der Waals surface area contributed by atoms with Crippen LogP contribution in [0.1, 0.15) is 12.8 Å². The van der Waals surface area contributed by atoms with Crippen molar-refractivity contribution < 1.29 is 10.2 Å². The molecule has 0 amide bonds. The van der Waals surface area contributed by atoms with Gasteiger partial charge in [-0.15, -0.1) is 0 Å².